The number of hydrogen-bond acceptors (Lipinski definition) is 6. The monoisotopic (exact) mass is 416 g/mol. The molecule has 0 amide bonds. The zero-order valence-corrected chi connectivity index (χ0v) is 17.3. The molecule has 1 saturated heterocycles. The molecule has 1 aliphatic heterocycles. The molecule has 4 heterocycles. The fourth-order valence-corrected chi connectivity index (χ4v) is 4.00. The van der Waals surface area contributed by atoms with Crippen molar-refractivity contribution in [1.82, 2.24) is 24.7 Å². The largest absolute Gasteiger partial charge is 0.381 e. The van der Waals surface area contributed by atoms with Crippen LogP contribution in [0.3, 0.4) is 0 Å². The van der Waals surface area contributed by atoms with Crippen LogP contribution < -0.4 is 10.9 Å². The number of fused-ring (bicyclic) bond motifs is 1. The van der Waals surface area contributed by atoms with E-state index in [0.29, 0.717) is 5.92 Å². The van der Waals surface area contributed by atoms with E-state index in [4.69, 9.17) is 4.74 Å². The van der Waals surface area contributed by atoms with Crippen molar-refractivity contribution in [2.24, 2.45) is 13.0 Å². The average molecular weight is 416 g/mol. The van der Waals surface area contributed by atoms with Gasteiger partial charge in [-0.2, -0.15) is 5.10 Å². The van der Waals surface area contributed by atoms with Gasteiger partial charge in [0, 0.05) is 37.7 Å². The van der Waals surface area contributed by atoms with E-state index in [2.05, 4.69) is 25.5 Å². The van der Waals surface area contributed by atoms with Crippen molar-refractivity contribution in [3.05, 3.63) is 65.0 Å². The molecule has 0 aliphatic carbocycles. The van der Waals surface area contributed by atoms with Crippen LogP contribution in [0.1, 0.15) is 18.5 Å². The minimum Gasteiger partial charge on any atom is -0.381 e. The first-order chi connectivity index (χ1) is 15.2. The number of aromatic nitrogens is 5. The Morgan fingerprint density at radius 2 is 2.03 bits per heavy atom. The summed E-state index contributed by atoms with van der Waals surface area (Å²) < 4.78 is 7.04. The first kappa shape index (κ1) is 19.4. The van der Waals surface area contributed by atoms with Gasteiger partial charge in [-0.25, -0.2) is 4.98 Å². The van der Waals surface area contributed by atoms with Gasteiger partial charge >= 0.3 is 0 Å². The summed E-state index contributed by atoms with van der Waals surface area (Å²) in [4.78, 5) is 22.0. The second-order valence-corrected chi connectivity index (χ2v) is 7.94. The van der Waals surface area contributed by atoms with Gasteiger partial charge in [0.25, 0.3) is 5.56 Å². The topological polar surface area (TPSA) is 97.7 Å². The number of pyridine rings is 1. The lowest BCUT2D eigenvalue weighted by Gasteiger charge is -2.21. The first-order valence-electron chi connectivity index (χ1n) is 10.5. The van der Waals surface area contributed by atoms with E-state index in [1.54, 1.807) is 24.0 Å². The minimum atomic E-state index is -0.192. The van der Waals surface area contributed by atoms with Crippen LogP contribution in [-0.4, -0.2) is 37.9 Å². The molecule has 0 radical (unpaired) electrons. The molecule has 0 unspecified atom stereocenters. The molecular formula is C23H24N6O2. The third-order valence-corrected chi connectivity index (χ3v) is 5.83. The van der Waals surface area contributed by atoms with Gasteiger partial charge in [-0.05, 0) is 55.0 Å². The van der Waals surface area contributed by atoms with Gasteiger partial charge in [-0.3, -0.25) is 14.9 Å². The highest BCUT2D eigenvalue weighted by Crippen LogP contribution is 2.24. The molecule has 3 aromatic heterocycles. The number of anilines is 2. The number of ether oxygens (including phenoxy) is 1. The molecule has 0 saturated carbocycles. The maximum Gasteiger partial charge on any atom is 0.293 e. The molecule has 4 aromatic rings. The highest BCUT2D eigenvalue weighted by molar-refractivity contribution is 5.82. The minimum absolute atomic E-state index is 0.192. The Morgan fingerprint density at radius 1 is 1.16 bits per heavy atom. The molecule has 8 nitrogen and oxygen atoms in total. The van der Waals surface area contributed by atoms with E-state index < -0.39 is 0 Å². The van der Waals surface area contributed by atoms with E-state index in [1.807, 2.05) is 36.5 Å². The molecule has 158 valence electrons. The smallest absolute Gasteiger partial charge is 0.293 e. The van der Waals surface area contributed by atoms with Gasteiger partial charge in [0.2, 0.25) is 0 Å². The van der Waals surface area contributed by atoms with Crippen molar-refractivity contribution in [1.29, 1.82) is 0 Å². The molecule has 1 aliphatic rings. The van der Waals surface area contributed by atoms with Crippen molar-refractivity contribution in [3.63, 3.8) is 0 Å². The lowest BCUT2D eigenvalue weighted by atomic mass is 9.95. The molecule has 1 aromatic carbocycles. The van der Waals surface area contributed by atoms with E-state index in [1.165, 1.54) is 0 Å². The lowest BCUT2D eigenvalue weighted by molar-refractivity contribution is 0.0663. The molecule has 2 N–H and O–H groups in total. The summed E-state index contributed by atoms with van der Waals surface area (Å²) in [6.07, 6.45) is 8.46. The Morgan fingerprint density at radius 3 is 2.77 bits per heavy atom. The van der Waals surface area contributed by atoms with Crippen LogP contribution in [0.5, 0.6) is 0 Å². The highest BCUT2D eigenvalue weighted by atomic mass is 16.5. The van der Waals surface area contributed by atoms with Crippen LogP contribution in [0, 0.1) is 5.92 Å². The summed E-state index contributed by atoms with van der Waals surface area (Å²) in [6.45, 7) is 1.68. The van der Waals surface area contributed by atoms with Crippen LogP contribution in [0.25, 0.3) is 22.2 Å². The quantitative estimate of drug-likeness (QED) is 0.517. The molecule has 0 atom stereocenters. The van der Waals surface area contributed by atoms with Crippen LogP contribution in [-0.2, 0) is 18.2 Å². The van der Waals surface area contributed by atoms with Gasteiger partial charge in [0.1, 0.15) is 0 Å². The van der Waals surface area contributed by atoms with Crippen LogP contribution >= 0.6 is 0 Å². The number of benzene rings is 1. The van der Waals surface area contributed by atoms with Crippen molar-refractivity contribution in [3.8, 4) is 11.1 Å². The van der Waals surface area contributed by atoms with E-state index in [9.17, 15) is 4.79 Å². The number of hydrogen-bond donors (Lipinski definition) is 2. The summed E-state index contributed by atoms with van der Waals surface area (Å²) in [5.41, 5.74) is 5.05. The predicted octanol–water partition coefficient (Wildman–Crippen LogP) is 3.43. The van der Waals surface area contributed by atoms with Gasteiger partial charge in [0.05, 0.1) is 29.1 Å². The first-order valence-corrected chi connectivity index (χ1v) is 10.5. The SMILES string of the molecule is Cn1c(=O)c(Nc2ccc(CC3CCOCC3)nc2)nc2ccc(-c3cn[nH]c3)cc21. The van der Waals surface area contributed by atoms with Crippen molar-refractivity contribution < 1.29 is 4.74 Å². The Hall–Kier alpha value is -3.52. The summed E-state index contributed by atoms with van der Waals surface area (Å²) in [7, 11) is 1.76. The number of rotatable bonds is 5. The fraction of sp³-hybridized carbons (Fsp3) is 0.304. The van der Waals surface area contributed by atoms with E-state index >= 15 is 0 Å². The standard InChI is InChI=1S/C23H24N6O2/c1-29-21-11-16(17-12-25-26-13-17)2-5-20(21)28-22(23(29)30)27-19-4-3-18(24-14-19)10-15-6-8-31-9-7-15/h2-5,11-15H,6-10H2,1H3,(H,25,26)(H,27,28). The summed E-state index contributed by atoms with van der Waals surface area (Å²) in [5.74, 6) is 0.909. The summed E-state index contributed by atoms with van der Waals surface area (Å²) in [6, 6.07) is 9.80. The Kier molecular flexibility index (Phi) is 5.21. The molecule has 1 fully saturated rings. The Labute approximate surface area is 179 Å². The average Bonchev–Trinajstić information content (AvgIpc) is 3.34. The summed E-state index contributed by atoms with van der Waals surface area (Å²) in [5, 5.41) is 9.93. The van der Waals surface area contributed by atoms with E-state index in [-0.39, 0.29) is 11.4 Å². The maximum atomic E-state index is 12.9. The predicted molar refractivity (Wildman–Crippen MR) is 119 cm³/mol. The second kappa shape index (κ2) is 8.31. The number of aryl methyl sites for hydroxylation is 1. The Bertz CT molecular complexity index is 1240. The van der Waals surface area contributed by atoms with Gasteiger partial charge in [0.15, 0.2) is 5.82 Å². The molecule has 0 bridgehead atoms. The van der Waals surface area contributed by atoms with Gasteiger partial charge < -0.3 is 14.6 Å². The second-order valence-electron chi connectivity index (χ2n) is 7.94. The molecule has 8 heteroatoms. The van der Waals surface area contributed by atoms with Crippen LogP contribution in [0.15, 0.2) is 53.7 Å². The molecule has 0 spiro atoms. The lowest BCUT2D eigenvalue weighted by Crippen LogP contribution is -2.22. The molecular weight excluding hydrogens is 392 g/mol. The van der Waals surface area contributed by atoms with Crippen LogP contribution in [0.4, 0.5) is 11.5 Å². The zero-order valence-electron chi connectivity index (χ0n) is 17.3. The van der Waals surface area contributed by atoms with Crippen molar-refractivity contribution in [2.45, 2.75) is 19.3 Å². The molecule has 31 heavy (non-hydrogen) atoms. The normalized spacial score (nSPS) is 14.7. The maximum absolute atomic E-state index is 12.9. The summed E-state index contributed by atoms with van der Waals surface area (Å²) >= 11 is 0. The number of H-pyrrole nitrogens is 1. The van der Waals surface area contributed by atoms with E-state index in [0.717, 1.165) is 66.0 Å². The van der Waals surface area contributed by atoms with Gasteiger partial charge in [-0.15, -0.1) is 0 Å². The number of nitrogens with zero attached hydrogens (tertiary/aromatic N) is 4. The highest BCUT2D eigenvalue weighted by Gasteiger charge is 2.15. The number of nitrogens with one attached hydrogen (secondary N) is 2. The van der Waals surface area contributed by atoms with Gasteiger partial charge in [-0.1, -0.05) is 6.07 Å². The third kappa shape index (κ3) is 4.06. The van der Waals surface area contributed by atoms with Crippen LogP contribution in [0.2, 0.25) is 0 Å². The number of aromatic amines is 1. The van der Waals surface area contributed by atoms with Crippen molar-refractivity contribution >= 4 is 22.5 Å². The van der Waals surface area contributed by atoms with Crippen molar-refractivity contribution in [2.75, 3.05) is 18.5 Å². The zero-order chi connectivity index (χ0) is 21.2. The fourth-order valence-electron chi connectivity index (χ4n) is 4.00. The Balaban J connectivity index is 1.38. The third-order valence-electron chi connectivity index (χ3n) is 5.83. The molecule has 5 rings (SSSR count).